The maximum absolute atomic E-state index is 7.23. The average Bonchev–Trinajstić information content (AvgIpc) is 2.37. The van der Waals surface area contributed by atoms with Gasteiger partial charge in [0.15, 0.2) is 0 Å². The molecule has 3 N–H and O–H groups in total. The van der Waals surface area contributed by atoms with Gasteiger partial charge in [-0.25, -0.2) is 4.98 Å². The van der Waals surface area contributed by atoms with Crippen molar-refractivity contribution in [1.82, 2.24) is 4.98 Å². The molecule has 0 unspecified atom stereocenters. The third kappa shape index (κ3) is 3.21. The second-order valence-electron chi connectivity index (χ2n) is 3.71. The summed E-state index contributed by atoms with van der Waals surface area (Å²) in [4.78, 5) is 4.01. The minimum atomic E-state index is -0.0589. The van der Waals surface area contributed by atoms with Crippen molar-refractivity contribution >= 4 is 17.4 Å². The summed E-state index contributed by atoms with van der Waals surface area (Å²) in [6.45, 7) is 0.418. The Balaban J connectivity index is 2.00. The summed E-state index contributed by atoms with van der Waals surface area (Å²) in [7, 11) is 0. The number of hydrogen-bond acceptors (Lipinski definition) is 3. The van der Waals surface area contributed by atoms with Crippen molar-refractivity contribution in [2.24, 2.45) is 5.73 Å². The Morgan fingerprint density at radius 1 is 1.33 bits per heavy atom. The number of nitrogens with zero attached hydrogens (tertiary/aromatic N) is 1. The monoisotopic (exact) mass is 261 g/mol. The molecular formula is C13H12ClN3O. The average molecular weight is 262 g/mol. The summed E-state index contributed by atoms with van der Waals surface area (Å²) in [5.74, 6) is 0.566. The number of halogens is 1. The molecule has 0 saturated heterocycles. The highest BCUT2D eigenvalue weighted by Crippen LogP contribution is 2.14. The van der Waals surface area contributed by atoms with Crippen LogP contribution in [-0.4, -0.2) is 10.8 Å². The first-order valence-corrected chi connectivity index (χ1v) is 5.70. The molecular weight excluding hydrogens is 250 g/mol. The van der Waals surface area contributed by atoms with Gasteiger partial charge in [-0.15, -0.1) is 0 Å². The molecule has 0 aliphatic rings. The molecule has 2 aromatic rings. The van der Waals surface area contributed by atoms with Crippen LogP contribution in [0.3, 0.4) is 0 Å². The predicted molar refractivity (Wildman–Crippen MR) is 71.0 cm³/mol. The molecule has 1 aromatic heterocycles. The molecule has 4 nitrogen and oxygen atoms in total. The highest BCUT2D eigenvalue weighted by molar-refractivity contribution is 6.30. The zero-order valence-electron chi connectivity index (χ0n) is 9.56. The summed E-state index contributed by atoms with van der Waals surface area (Å²) >= 11 is 5.88. The van der Waals surface area contributed by atoms with E-state index in [9.17, 15) is 0 Å². The van der Waals surface area contributed by atoms with Crippen LogP contribution in [0.5, 0.6) is 5.75 Å². The first kappa shape index (κ1) is 12.4. The summed E-state index contributed by atoms with van der Waals surface area (Å²) in [5.41, 5.74) is 6.73. The highest BCUT2D eigenvalue weighted by atomic mass is 35.5. The molecule has 0 radical (unpaired) electrons. The van der Waals surface area contributed by atoms with E-state index in [1.54, 1.807) is 18.3 Å². The molecule has 0 fully saturated rings. The Morgan fingerprint density at radius 2 is 2.17 bits per heavy atom. The molecule has 18 heavy (non-hydrogen) atoms. The van der Waals surface area contributed by atoms with E-state index in [0.29, 0.717) is 23.1 Å². The van der Waals surface area contributed by atoms with Crippen LogP contribution in [0.1, 0.15) is 11.3 Å². The molecule has 0 atom stereocenters. The van der Waals surface area contributed by atoms with Gasteiger partial charge in [-0.05, 0) is 29.8 Å². The molecule has 0 aliphatic heterocycles. The third-order valence-electron chi connectivity index (χ3n) is 2.31. The third-order valence-corrected chi connectivity index (χ3v) is 2.54. The first-order valence-electron chi connectivity index (χ1n) is 5.33. The number of hydrogen-bond donors (Lipinski definition) is 2. The number of pyridine rings is 1. The van der Waals surface area contributed by atoms with Gasteiger partial charge < -0.3 is 10.5 Å². The molecule has 0 spiro atoms. The lowest BCUT2D eigenvalue weighted by Gasteiger charge is -2.06. The second kappa shape index (κ2) is 5.51. The molecule has 1 aromatic carbocycles. The van der Waals surface area contributed by atoms with Crippen LogP contribution in [-0.2, 0) is 6.61 Å². The molecule has 2 rings (SSSR count). The van der Waals surface area contributed by atoms with Gasteiger partial charge in [0.2, 0.25) is 0 Å². The Morgan fingerprint density at radius 3 is 2.78 bits per heavy atom. The maximum atomic E-state index is 7.23. The van der Waals surface area contributed by atoms with Gasteiger partial charge in [0.1, 0.15) is 23.9 Å². The van der Waals surface area contributed by atoms with Crippen molar-refractivity contribution in [2.75, 3.05) is 0 Å². The van der Waals surface area contributed by atoms with E-state index in [4.69, 9.17) is 27.5 Å². The number of aromatic nitrogens is 1. The van der Waals surface area contributed by atoms with Gasteiger partial charge >= 0.3 is 0 Å². The van der Waals surface area contributed by atoms with Crippen LogP contribution in [0.4, 0.5) is 0 Å². The number of nitrogen functional groups attached to an aromatic ring is 1. The van der Waals surface area contributed by atoms with Gasteiger partial charge in [-0.2, -0.15) is 0 Å². The van der Waals surface area contributed by atoms with Crippen molar-refractivity contribution < 1.29 is 4.74 Å². The number of benzene rings is 1. The normalized spacial score (nSPS) is 10.1. The second-order valence-corrected chi connectivity index (χ2v) is 4.15. The van der Waals surface area contributed by atoms with Crippen molar-refractivity contribution in [3.8, 4) is 5.75 Å². The van der Waals surface area contributed by atoms with Crippen molar-refractivity contribution in [3.63, 3.8) is 0 Å². The van der Waals surface area contributed by atoms with E-state index < -0.39 is 0 Å². The topological polar surface area (TPSA) is 72.0 Å². The zero-order chi connectivity index (χ0) is 13.0. The van der Waals surface area contributed by atoms with E-state index >= 15 is 0 Å². The summed E-state index contributed by atoms with van der Waals surface area (Å²) in [6, 6.07) is 10.8. The Hall–Kier alpha value is -2.07. The summed E-state index contributed by atoms with van der Waals surface area (Å²) in [5, 5.41) is 7.91. The SMILES string of the molecule is N=C(N)c1ccc(OCc2cccc(Cl)c2)cn1. The van der Waals surface area contributed by atoms with Gasteiger partial charge in [-0.1, -0.05) is 23.7 Å². The fourth-order valence-corrected chi connectivity index (χ4v) is 1.63. The van der Waals surface area contributed by atoms with E-state index in [2.05, 4.69) is 4.98 Å². The molecule has 0 saturated carbocycles. The highest BCUT2D eigenvalue weighted by Gasteiger charge is 2.00. The fourth-order valence-electron chi connectivity index (χ4n) is 1.42. The van der Waals surface area contributed by atoms with Crippen molar-refractivity contribution in [2.45, 2.75) is 6.61 Å². The Labute approximate surface area is 110 Å². The van der Waals surface area contributed by atoms with E-state index in [1.807, 2.05) is 24.3 Å². The van der Waals surface area contributed by atoms with Crippen molar-refractivity contribution in [1.29, 1.82) is 5.41 Å². The minimum absolute atomic E-state index is 0.0589. The summed E-state index contributed by atoms with van der Waals surface area (Å²) in [6.07, 6.45) is 1.54. The number of amidine groups is 1. The number of nitrogens with one attached hydrogen (secondary N) is 1. The molecule has 5 heteroatoms. The Kier molecular flexibility index (Phi) is 3.79. The number of rotatable bonds is 4. The molecule has 0 aliphatic carbocycles. The van der Waals surface area contributed by atoms with Crippen LogP contribution in [0, 0.1) is 5.41 Å². The predicted octanol–water partition coefficient (Wildman–Crippen LogP) is 2.60. The van der Waals surface area contributed by atoms with E-state index in [1.165, 1.54) is 0 Å². The minimum Gasteiger partial charge on any atom is -0.487 e. The van der Waals surface area contributed by atoms with Gasteiger partial charge in [0, 0.05) is 5.02 Å². The zero-order valence-corrected chi connectivity index (χ0v) is 10.3. The quantitative estimate of drug-likeness (QED) is 0.656. The molecule has 0 amide bonds. The van der Waals surface area contributed by atoms with Gasteiger partial charge in [0.05, 0.1) is 6.20 Å². The number of ether oxygens (including phenoxy) is 1. The van der Waals surface area contributed by atoms with Crippen LogP contribution in [0.2, 0.25) is 5.02 Å². The maximum Gasteiger partial charge on any atom is 0.141 e. The van der Waals surface area contributed by atoms with Gasteiger partial charge in [-0.3, -0.25) is 5.41 Å². The lowest BCUT2D eigenvalue weighted by molar-refractivity contribution is 0.305. The Bertz CT molecular complexity index is 554. The lowest BCUT2D eigenvalue weighted by Crippen LogP contribution is -2.12. The van der Waals surface area contributed by atoms with Crippen LogP contribution in [0.15, 0.2) is 42.6 Å². The molecule has 92 valence electrons. The molecule has 1 heterocycles. The standard InChI is InChI=1S/C13H12ClN3O/c14-10-3-1-2-9(6-10)8-18-11-4-5-12(13(15)16)17-7-11/h1-7H,8H2,(H3,15,16). The van der Waals surface area contributed by atoms with E-state index in [0.717, 1.165) is 5.56 Å². The van der Waals surface area contributed by atoms with Crippen LogP contribution in [0.25, 0.3) is 0 Å². The summed E-state index contributed by atoms with van der Waals surface area (Å²) < 4.78 is 5.55. The van der Waals surface area contributed by atoms with Crippen LogP contribution < -0.4 is 10.5 Å². The molecule has 0 bridgehead atoms. The van der Waals surface area contributed by atoms with Gasteiger partial charge in [0.25, 0.3) is 0 Å². The van der Waals surface area contributed by atoms with Crippen LogP contribution >= 0.6 is 11.6 Å². The van der Waals surface area contributed by atoms with Crippen molar-refractivity contribution in [3.05, 3.63) is 58.9 Å². The fraction of sp³-hybridized carbons (Fsp3) is 0.0769. The largest absolute Gasteiger partial charge is 0.487 e. The van der Waals surface area contributed by atoms with E-state index in [-0.39, 0.29) is 5.84 Å². The number of nitrogens with two attached hydrogens (primary N) is 1. The smallest absolute Gasteiger partial charge is 0.141 e. The first-order chi connectivity index (χ1) is 8.65. The lowest BCUT2D eigenvalue weighted by atomic mass is 10.2.